The lowest BCUT2D eigenvalue weighted by atomic mass is 10.0. The van der Waals surface area contributed by atoms with Gasteiger partial charge in [0.05, 0.1) is 19.6 Å². The number of carbonyl (C=O) groups excluding carboxylic acids is 2. The maximum Gasteiger partial charge on any atom is 0.312 e. The molecule has 0 saturated heterocycles. The molecule has 0 saturated carbocycles. The molecular weight excluding hydrogens is 342 g/mol. The molecule has 0 heterocycles. The Morgan fingerprint density at radius 3 is 2.44 bits per heavy atom. The van der Waals surface area contributed by atoms with E-state index in [1.165, 1.54) is 0 Å². The highest BCUT2D eigenvalue weighted by Crippen LogP contribution is 2.25. The van der Waals surface area contributed by atoms with E-state index in [2.05, 4.69) is 10.6 Å². The van der Waals surface area contributed by atoms with Gasteiger partial charge in [0.1, 0.15) is 5.75 Å². The van der Waals surface area contributed by atoms with Crippen LogP contribution in [0, 0.1) is 0 Å². The lowest BCUT2D eigenvalue weighted by Gasteiger charge is -2.19. The maximum atomic E-state index is 12.2. The van der Waals surface area contributed by atoms with Crippen molar-refractivity contribution in [3.8, 4) is 5.75 Å². The van der Waals surface area contributed by atoms with Gasteiger partial charge >= 0.3 is 6.03 Å². The zero-order valence-corrected chi connectivity index (χ0v) is 14.5. The molecule has 0 spiro atoms. The van der Waals surface area contributed by atoms with Gasteiger partial charge in [-0.25, -0.2) is 4.79 Å². The summed E-state index contributed by atoms with van der Waals surface area (Å²) in [7, 11) is 1.59. The molecule has 25 heavy (non-hydrogen) atoms. The van der Waals surface area contributed by atoms with Crippen LogP contribution in [0.4, 0.5) is 4.79 Å². The van der Waals surface area contributed by atoms with Crippen molar-refractivity contribution in [2.24, 2.45) is 5.73 Å². The van der Waals surface area contributed by atoms with Gasteiger partial charge in [-0.2, -0.15) is 0 Å². The molecule has 1 atom stereocenters. The van der Waals surface area contributed by atoms with Gasteiger partial charge in [0.25, 0.3) is 0 Å². The van der Waals surface area contributed by atoms with E-state index in [0.29, 0.717) is 17.1 Å². The topological polar surface area (TPSA) is 93.4 Å². The van der Waals surface area contributed by atoms with Crippen molar-refractivity contribution < 1.29 is 14.3 Å². The van der Waals surface area contributed by atoms with E-state index in [0.717, 1.165) is 11.3 Å². The Labute approximate surface area is 151 Å². The zero-order chi connectivity index (χ0) is 18.2. The van der Waals surface area contributed by atoms with E-state index in [9.17, 15) is 9.59 Å². The standard InChI is InChI=1S/C18H20ClN3O3/c1-25-13-8-6-12(7-9-13)11-21-17(23)10-16(22-18(20)24)14-4-2-3-5-15(14)19/h2-9,16H,10-11H2,1H3,(H,21,23)(H3,20,22,24). The fourth-order valence-electron chi connectivity index (χ4n) is 2.37. The van der Waals surface area contributed by atoms with Crippen LogP contribution in [0.3, 0.4) is 0 Å². The normalized spacial score (nSPS) is 11.4. The number of primary amides is 1. The van der Waals surface area contributed by atoms with Gasteiger partial charge in [0, 0.05) is 11.6 Å². The second-order valence-corrected chi connectivity index (χ2v) is 5.82. The summed E-state index contributed by atoms with van der Waals surface area (Å²) in [4.78, 5) is 23.5. The van der Waals surface area contributed by atoms with Crippen molar-refractivity contribution in [2.75, 3.05) is 7.11 Å². The number of methoxy groups -OCH3 is 1. The maximum absolute atomic E-state index is 12.2. The third kappa shape index (κ3) is 5.69. The Morgan fingerprint density at radius 2 is 1.84 bits per heavy atom. The van der Waals surface area contributed by atoms with Crippen LogP contribution in [-0.2, 0) is 11.3 Å². The van der Waals surface area contributed by atoms with Gasteiger partial charge in [-0.1, -0.05) is 41.9 Å². The van der Waals surface area contributed by atoms with Gasteiger partial charge < -0.3 is 21.1 Å². The molecule has 0 aliphatic rings. The summed E-state index contributed by atoms with van der Waals surface area (Å²) in [5, 5.41) is 5.83. The van der Waals surface area contributed by atoms with Gasteiger partial charge in [-0.05, 0) is 29.3 Å². The second kappa shape index (κ2) is 8.94. The summed E-state index contributed by atoms with van der Waals surface area (Å²) in [6, 6.07) is 13.1. The fraction of sp³-hybridized carbons (Fsp3) is 0.222. The SMILES string of the molecule is COc1ccc(CNC(=O)CC(NC(N)=O)c2ccccc2Cl)cc1. The molecule has 0 fully saturated rings. The quantitative estimate of drug-likeness (QED) is 0.707. The van der Waals surface area contributed by atoms with Crippen LogP contribution in [0.1, 0.15) is 23.6 Å². The minimum atomic E-state index is -0.715. The fourth-order valence-corrected chi connectivity index (χ4v) is 2.64. The van der Waals surface area contributed by atoms with Crippen molar-refractivity contribution in [3.63, 3.8) is 0 Å². The first-order valence-corrected chi connectivity index (χ1v) is 8.07. The lowest BCUT2D eigenvalue weighted by Crippen LogP contribution is -2.36. The molecule has 7 heteroatoms. The molecule has 3 amide bonds. The summed E-state index contributed by atoms with van der Waals surface area (Å²) in [6.07, 6.45) is 0.0306. The van der Waals surface area contributed by atoms with E-state index in [1.807, 2.05) is 24.3 Å². The molecule has 0 radical (unpaired) electrons. The van der Waals surface area contributed by atoms with Crippen LogP contribution >= 0.6 is 11.6 Å². The van der Waals surface area contributed by atoms with Crippen LogP contribution in [0.2, 0.25) is 5.02 Å². The van der Waals surface area contributed by atoms with Gasteiger partial charge in [0.15, 0.2) is 0 Å². The van der Waals surface area contributed by atoms with Crippen molar-refractivity contribution in [1.29, 1.82) is 0 Å². The molecule has 1 unspecified atom stereocenters. The number of benzene rings is 2. The number of hydrogen-bond donors (Lipinski definition) is 3. The number of carbonyl (C=O) groups is 2. The third-order valence-corrected chi connectivity index (χ3v) is 3.98. The van der Waals surface area contributed by atoms with E-state index in [-0.39, 0.29) is 12.3 Å². The van der Waals surface area contributed by atoms with E-state index < -0.39 is 12.1 Å². The summed E-state index contributed by atoms with van der Waals surface area (Å²) < 4.78 is 5.09. The van der Waals surface area contributed by atoms with Gasteiger partial charge in [-0.3, -0.25) is 4.79 Å². The van der Waals surface area contributed by atoms with E-state index in [1.54, 1.807) is 31.4 Å². The zero-order valence-electron chi connectivity index (χ0n) is 13.8. The van der Waals surface area contributed by atoms with Gasteiger partial charge in [0.2, 0.25) is 5.91 Å². The Hall–Kier alpha value is -2.73. The second-order valence-electron chi connectivity index (χ2n) is 5.41. The van der Waals surface area contributed by atoms with Crippen molar-refractivity contribution in [1.82, 2.24) is 10.6 Å². The Balaban J connectivity index is 1.99. The lowest BCUT2D eigenvalue weighted by molar-refractivity contribution is -0.121. The highest BCUT2D eigenvalue weighted by molar-refractivity contribution is 6.31. The molecule has 2 aromatic rings. The number of urea groups is 1. The Morgan fingerprint density at radius 1 is 1.16 bits per heavy atom. The highest BCUT2D eigenvalue weighted by Gasteiger charge is 2.19. The van der Waals surface area contributed by atoms with E-state index >= 15 is 0 Å². The number of rotatable bonds is 7. The van der Waals surface area contributed by atoms with Crippen LogP contribution in [-0.4, -0.2) is 19.0 Å². The number of nitrogens with one attached hydrogen (secondary N) is 2. The first kappa shape index (κ1) is 18.6. The number of halogens is 1. The first-order valence-electron chi connectivity index (χ1n) is 7.69. The van der Waals surface area contributed by atoms with Gasteiger partial charge in [-0.15, -0.1) is 0 Å². The third-order valence-electron chi connectivity index (χ3n) is 3.64. The van der Waals surface area contributed by atoms with Crippen molar-refractivity contribution in [2.45, 2.75) is 19.0 Å². The van der Waals surface area contributed by atoms with Crippen molar-refractivity contribution in [3.05, 3.63) is 64.7 Å². The average Bonchev–Trinajstić information content (AvgIpc) is 2.60. The van der Waals surface area contributed by atoms with Crippen LogP contribution < -0.4 is 21.1 Å². The molecule has 0 aliphatic heterocycles. The molecule has 4 N–H and O–H groups in total. The molecule has 6 nitrogen and oxygen atoms in total. The predicted molar refractivity (Wildman–Crippen MR) is 96.4 cm³/mol. The number of hydrogen-bond acceptors (Lipinski definition) is 3. The summed E-state index contributed by atoms with van der Waals surface area (Å²) in [5.74, 6) is 0.522. The number of ether oxygens (including phenoxy) is 1. The molecule has 0 aliphatic carbocycles. The summed E-state index contributed by atoms with van der Waals surface area (Å²) in [5.41, 5.74) is 6.79. The summed E-state index contributed by atoms with van der Waals surface area (Å²) >= 11 is 6.15. The Bertz CT molecular complexity index is 735. The molecular formula is C18H20ClN3O3. The largest absolute Gasteiger partial charge is 0.497 e. The minimum Gasteiger partial charge on any atom is -0.497 e. The smallest absolute Gasteiger partial charge is 0.312 e. The monoisotopic (exact) mass is 361 g/mol. The molecule has 0 aromatic heterocycles. The average molecular weight is 362 g/mol. The van der Waals surface area contributed by atoms with Crippen molar-refractivity contribution >= 4 is 23.5 Å². The molecule has 132 valence electrons. The van der Waals surface area contributed by atoms with Crippen LogP contribution in [0.25, 0.3) is 0 Å². The number of nitrogens with two attached hydrogens (primary N) is 1. The van der Waals surface area contributed by atoms with E-state index in [4.69, 9.17) is 22.1 Å². The Kier molecular flexibility index (Phi) is 6.65. The minimum absolute atomic E-state index is 0.0306. The van der Waals surface area contributed by atoms with Crippen LogP contribution in [0.15, 0.2) is 48.5 Å². The number of amides is 3. The predicted octanol–water partition coefficient (Wildman–Crippen LogP) is 2.76. The van der Waals surface area contributed by atoms with Crippen LogP contribution in [0.5, 0.6) is 5.75 Å². The highest BCUT2D eigenvalue weighted by atomic mass is 35.5. The summed E-state index contributed by atoms with van der Waals surface area (Å²) in [6.45, 7) is 0.370. The molecule has 2 rings (SSSR count). The molecule has 0 bridgehead atoms. The molecule has 2 aromatic carbocycles. The first-order chi connectivity index (χ1) is 12.0.